The molecule has 0 aromatic rings. The van der Waals surface area contributed by atoms with Crippen LogP contribution in [0.15, 0.2) is 41.5 Å². The maximum absolute atomic E-state index is 10.1. The first-order valence-electron chi connectivity index (χ1n) is 4.52. The highest BCUT2D eigenvalue weighted by atomic mass is 16.2. The quantitative estimate of drug-likeness (QED) is 0.620. The van der Waals surface area contributed by atoms with Gasteiger partial charge in [0.25, 0.3) is 0 Å². The van der Waals surface area contributed by atoms with Crippen LogP contribution in [0.3, 0.4) is 0 Å². The Kier molecular flexibility index (Phi) is 3.96. The van der Waals surface area contributed by atoms with Crippen LogP contribution in [0.1, 0.15) is 19.8 Å². The molecular weight excluding hydrogens is 164 g/mol. The van der Waals surface area contributed by atoms with E-state index in [-0.39, 0.29) is 0 Å². The zero-order valence-corrected chi connectivity index (χ0v) is 7.81. The second-order valence-corrected chi connectivity index (χ2v) is 2.91. The van der Waals surface area contributed by atoms with Gasteiger partial charge in [0.05, 0.1) is 11.9 Å². The Bertz CT molecular complexity index is 254. The normalized spacial score (nSPS) is 18.2. The summed E-state index contributed by atoms with van der Waals surface area (Å²) in [6, 6.07) is 0. The molecule has 0 aromatic carbocycles. The van der Waals surface area contributed by atoms with Crippen molar-refractivity contribution in [2.75, 3.05) is 6.54 Å². The lowest BCUT2D eigenvalue weighted by atomic mass is 10.2. The number of hydrogen-bond donors (Lipinski definition) is 0. The Balaban J connectivity index is 2.59. The third-order valence-corrected chi connectivity index (χ3v) is 1.91. The Morgan fingerprint density at radius 2 is 2.38 bits per heavy atom. The molecule has 0 bridgehead atoms. The molecule has 0 N–H and O–H groups in total. The van der Waals surface area contributed by atoms with E-state index in [1.54, 1.807) is 0 Å². The van der Waals surface area contributed by atoms with Gasteiger partial charge in [-0.15, -0.1) is 4.91 Å². The van der Waals surface area contributed by atoms with Gasteiger partial charge in [0.2, 0.25) is 0 Å². The fourth-order valence-electron chi connectivity index (χ4n) is 1.19. The van der Waals surface area contributed by atoms with E-state index in [9.17, 15) is 4.91 Å². The van der Waals surface area contributed by atoms with E-state index in [1.165, 1.54) is 6.20 Å². The van der Waals surface area contributed by atoms with Crippen LogP contribution < -0.4 is 0 Å². The predicted octanol–water partition coefficient (Wildman–Crippen LogP) is 2.78. The summed E-state index contributed by atoms with van der Waals surface area (Å²) < 4.78 is 0. The lowest BCUT2D eigenvalue weighted by Gasteiger charge is -2.22. The first kappa shape index (κ1) is 9.71. The summed E-state index contributed by atoms with van der Waals surface area (Å²) in [5, 5.41) is 2.78. The monoisotopic (exact) mass is 178 g/mol. The maximum atomic E-state index is 10.1. The summed E-state index contributed by atoms with van der Waals surface area (Å²) in [5.74, 6) is 0. The van der Waals surface area contributed by atoms with E-state index >= 15 is 0 Å². The van der Waals surface area contributed by atoms with Gasteiger partial charge in [0.15, 0.2) is 0 Å². The molecule has 3 heteroatoms. The van der Waals surface area contributed by atoms with Gasteiger partial charge < -0.3 is 4.90 Å². The van der Waals surface area contributed by atoms with Gasteiger partial charge in [-0.3, -0.25) is 0 Å². The van der Waals surface area contributed by atoms with Crippen molar-refractivity contribution in [2.24, 2.45) is 5.18 Å². The number of allylic oxidation sites excluding steroid dienone is 3. The molecule has 0 radical (unpaired) electrons. The van der Waals surface area contributed by atoms with Crippen LogP contribution in [-0.4, -0.2) is 11.4 Å². The van der Waals surface area contributed by atoms with E-state index < -0.39 is 0 Å². The first-order chi connectivity index (χ1) is 6.38. The average molecular weight is 178 g/mol. The van der Waals surface area contributed by atoms with Crippen molar-refractivity contribution >= 4 is 0 Å². The SMILES string of the molecule is CCCCN1C=CC=C/C1=C/N=O. The molecule has 0 amide bonds. The summed E-state index contributed by atoms with van der Waals surface area (Å²) in [7, 11) is 0. The summed E-state index contributed by atoms with van der Waals surface area (Å²) >= 11 is 0. The molecular formula is C10H14N2O. The molecule has 0 spiro atoms. The van der Waals surface area contributed by atoms with Crippen molar-refractivity contribution in [3.63, 3.8) is 0 Å². The maximum Gasteiger partial charge on any atom is 0.0951 e. The van der Waals surface area contributed by atoms with Crippen molar-refractivity contribution in [3.8, 4) is 0 Å². The lowest BCUT2D eigenvalue weighted by Crippen LogP contribution is -2.18. The fraction of sp³-hybridized carbons (Fsp3) is 0.400. The fourth-order valence-corrected chi connectivity index (χ4v) is 1.19. The van der Waals surface area contributed by atoms with Gasteiger partial charge in [-0.05, 0) is 23.7 Å². The molecule has 0 aliphatic carbocycles. The minimum Gasteiger partial charge on any atom is -0.347 e. The van der Waals surface area contributed by atoms with Gasteiger partial charge >= 0.3 is 0 Å². The Morgan fingerprint density at radius 3 is 3.08 bits per heavy atom. The van der Waals surface area contributed by atoms with Gasteiger partial charge in [-0.25, -0.2) is 0 Å². The number of unbranched alkanes of at least 4 members (excludes halogenated alkanes) is 1. The van der Waals surface area contributed by atoms with Crippen LogP contribution in [0.25, 0.3) is 0 Å². The largest absolute Gasteiger partial charge is 0.347 e. The lowest BCUT2D eigenvalue weighted by molar-refractivity contribution is 0.457. The highest BCUT2D eigenvalue weighted by Gasteiger charge is 2.05. The van der Waals surface area contributed by atoms with Crippen LogP contribution in [-0.2, 0) is 0 Å². The van der Waals surface area contributed by atoms with Crippen LogP contribution >= 0.6 is 0 Å². The Hall–Kier alpha value is -1.38. The van der Waals surface area contributed by atoms with Crippen LogP contribution in [0.5, 0.6) is 0 Å². The number of nitrogens with zero attached hydrogens (tertiary/aromatic N) is 2. The smallest absolute Gasteiger partial charge is 0.0951 e. The molecule has 1 aliphatic heterocycles. The molecule has 0 fully saturated rings. The van der Waals surface area contributed by atoms with E-state index in [4.69, 9.17) is 0 Å². The molecule has 0 saturated heterocycles. The summed E-state index contributed by atoms with van der Waals surface area (Å²) in [4.78, 5) is 12.1. The van der Waals surface area contributed by atoms with Crippen LogP contribution in [0.2, 0.25) is 0 Å². The second kappa shape index (κ2) is 5.30. The zero-order valence-electron chi connectivity index (χ0n) is 7.81. The van der Waals surface area contributed by atoms with Crippen molar-refractivity contribution in [3.05, 3.63) is 41.2 Å². The third-order valence-electron chi connectivity index (χ3n) is 1.91. The van der Waals surface area contributed by atoms with Gasteiger partial charge in [-0.1, -0.05) is 19.4 Å². The van der Waals surface area contributed by atoms with Gasteiger partial charge in [0, 0.05) is 12.7 Å². The Morgan fingerprint density at radius 1 is 1.54 bits per heavy atom. The highest BCUT2D eigenvalue weighted by Crippen LogP contribution is 2.13. The van der Waals surface area contributed by atoms with E-state index in [0.29, 0.717) is 0 Å². The molecule has 1 heterocycles. The number of rotatable bonds is 4. The number of hydrogen-bond acceptors (Lipinski definition) is 3. The standard InChI is InChI=1S/C10H14N2O/c1-2-3-7-12-8-5-4-6-10(12)9-11-13/h4-6,8-9H,2-3,7H2,1H3/b10-9-. The van der Waals surface area contributed by atoms with Crippen molar-refractivity contribution in [2.45, 2.75) is 19.8 Å². The van der Waals surface area contributed by atoms with Crippen molar-refractivity contribution < 1.29 is 0 Å². The molecule has 0 saturated carbocycles. The molecule has 3 nitrogen and oxygen atoms in total. The summed E-state index contributed by atoms with van der Waals surface area (Å²) in [6.45, 7) is 3.09. The minimum atomic E-state index is 0.867. The highest BCUT2D eigenvalue weighted by molar-refractivity contribution is 5.27. The first-order valence-corrected chi connectivity index (χ1v) is 4.52. The molecule has 1 rings (SSSR count). The van der Waals surface area contributed by atoms with Gasteiger partial charge in [0.1, 0.15) is 0 Å². The molecule has 70 valence electrons. The van der Waals surface area contributed by atoms with E-state index in [1.807, 2.05) is 29.3 Å². The summed E-state index contributed by atoms with van der Waals surface area (Å²) in [5.41, 5.74) is 0.867. The third kappa shape index (κ3) is 2.86. The minimum absolute atomic E-state index is 0.867. The molecule has 0 atom stereocenters. The molecule has 0 unspecified atom stereocenters. The van der Waals surface area contributed by atoms with Crippen LogP contribution in [0.4, 0.5) is 0 Å². The van der Waals surface area contributed by atoms with Crippen molar-refractivity contribution in [1.29, 1.82) is 0 Å². The Labute approximate surface area is 78.4 Å². The average Bonchev–Trinajstić information content (AvgIpc) is 2.17. The summed E-state index contributed by atoms with van der Waals surface area (Å²) in [6.07, 6.45) is 11.3. The topological polar surface area (TPSA) is 32.7 Å². The van der Waals surface area contributed by atoms with Crippen molar-refractivity contribution in [1.82, 2.24) is 4.90 Å². The molecule has 0 aromatic heterocycles. The molecule has 13 heavy (non-hydrogen) atoms. The van der Waals surface area contributed by atoms with Gasteiger partial charge in [-0.2, -0.15) is 0 Å². The van der Waals surface area contributed by atoms with E-state index in [2.05, 4.69) is 12.1 Å². The predicted molar refractivity (Wildman–Crippen MR) is 53.8 cm³/mol. The van der Waals surface area contributed by atoms with E-state index in [0.717, 1.165) is 25.1 Å². The molecule has 1 aliphatic rings. The number of nitroso groups, excluding NO2 is 1. The zero-order chi connectivity index (χ0) is 9.52. The van der Waals surface area contributed by atoms with Crippen LogP contribution in [0, 0.1) is 4.91 Å². The second-order valence-electron chi connectivity index (χ2n) is 2.91.